The number of nitrogens with one attached hydrogen (secondary N) is 2. The quantitative estimate of drug-likeness (QED) is 0.570. The first-order valence-corrected chi connectivity index (χ1v) is 10.6. The average molecular weight is 426 g/mol. The molecule has 0 bridgehead atoms. The summed E-state index contributed by atoms with van der Waals surface area (Å²) in [6.45, 7) is 10.0. The van der Waals surface area contributed by atoms with Crippen molar-refractivity contribution in [2.24, 2.45) is 0 Å². The smallest absolute Gasteiger partial charge is 0.407 e. The molecule has 8 heteroatoms. The molecule has 0 fully saturated rings. The van der Waals surface area contributed by atoms with E-state index in [0.29, 0.717) is 12.6 Å². The minimum atomic E-state index is -0.539. The average Bonchev–Trinajstić information content (AvgIpc) is 3.13. The highest BCUT2D eigenvalue weighted by Crippen LogP contribution is 2.30. The van der Waals surface area contributed by atoms with Crippen LogP contribution in [0.25, 0.3) is 21.8 Å². The van der Waals surface area contributed by atoms with Gasteiger partial charge in [0.25, 0.3) is 0 Å². The molecule has 0 unspecified atom stereocenters. The molecule has 0 aliphatic heterocycles. The zero-order valence-electron chi connectivity index (χ0n) is 17.9. The first kappa shape index (κ1) is 21.7. The molecule has 0 saturated carbocycles. The minimum Gasteiger partial charge on any atom is -0.444 e. The molecule has 0 aliphatic carbocycles. The monoisotopic (exact) mass is 425 g/mol. The lowest BCUT2D eigenvalue weighted by Gasteiger charge is -2.20. The molecule has 0 spiro atoms. The van der Waals surface area contributed by atoms with E-state index in [-0.39, 0.29) is 0 Å². The van der Waals surface area contributed by atoms with Crippen LogP contribution in [-0.4, -0.2) is 32.7 Å². The van der Waals surface area contributed by atoms with Crippen LogP contribution in [0.4, 0.5) is 9.93 Å². The topological polar surface area (TPSA) is 89.0 Å². The van der Waals surface area contributed by atoms with E-state index in [1.54, 1.807) is 17.7 Å². The number of carbonyl (C=O) groups is 1. The van der Waals surface area contributed by atoms with Crippen molar-refractivity contribution in [1.29, 1.82) is 0 Å². The molecule has 2 N–H and O–H groups in total. The Kier molecular flexibility index (Phi) is 6.66. The molecule has 3 rings (SSSR count). The normalized spacial score (nSPS) is 11.4. The van der Waals surface area contributed by atoms with Gasteiger partial charge >= 0.3 is 6.09 Å². The number of thiazole rings is 1. The fourth-order valence-corrected chi connectivity index (χ4v) is 3.68. The molecule has 1 aromatic carbocycles. The Labute approximate surface area is 181 Å². The Hall–Kier alpha value is -3.00. The molecule has 0 saturated heterocycles. The summed E-state index contributed by atoms with van der Waals surface area (Å²) < 4.78 is 5.32. The van der Waals surface area contributed by atoms with Crippen molar-refractivity contribution in [2.45, 2.75) is 52.8 Å². The van der Waals surface area contributed by atoms with Gasteiger partial charge < -0.3 is 15.4 Å². The molecule has 0 atom stereocenters. The highest BCUT2D eigenvalue weighted by Gasteiger charge is 2.17. The standard InChI is InChI=1S/C22H27N5O2S/c1-14(2)27-20-23-12-19(30-20)18-10-17(25-13-26-18)16-9-7-6-8-15(16)11-24-21(28)29-22(3,4)5/h6-10,12-14H,11H2,1-5H3,(H,23,27)(H,24,28). The SMILES string of the molecule is CC(C)Nc1ncc(-c2cc(-c3ccccc3CNC(=O)OC(C)(C)C)ncn2)s1. The third-order valence-corrected chi connectivity index (χ3v) is 4.90. The fraction of sp³-hybridized carbons (Fsp3) is 0.364. The highest BCUT2D eigenvalue weighted by molar-refractivity contribution is 7.18. The summed E-state index contributed by atoms with van der Waals surface area (Å²) in [5, 5.41) is 6.98. The second-order valence-corrected chi connectivity index (χ2v) is 9.16. The molecule has 158 valence electrons. The van der Waals surface area contributed by atoms with Crippen LogP contribution in [0.1, 0.15) is 40.2 Å². The van der Waals surface area contributed by atoms with Crippen LogP contribution in [0.5, 0.6) is 0 Å². The van der Waals surface area contributed by atoms with Crippen molar-refractivity contribution in [3.8, 4) is 21.8 Å². The Morgan fingerprint density at radius 3 is 2.60 bits per heavy atom. The maximum absolute atomic E-state index is 12.0. The lowest BCUT2D eigenvalue weighted by atomic mass is 10.0. The second-order valence-electron chi connectivity index (χ2n) is 8.13. The molecule has 0 radical (unpaired) electrons. The maximum atomic E-state index is 12.0. The zero-order valence-corrected chi connectivity index (χ0v) is 18.7. The van der Waals surface area contributed by atoms with E-state index in [9.17, 15) is 4.79 Å². The summed E-state index contributed by atoms with van der Waals surface area (Å²) in [6, 6.07) is 10.1. The molecular formula is C22H27N5O2S. The molecule has 1 amide bonds. The molecule has 2 heterocycles. The lowest BCUT2D eigenvalue weighted by molar-refractivity contribution is 0.0523. The van der Waals surface area contributed by atoms with Gasteiger partial charge in [0.15, 0.2) is 5.13 Å². The van der Waals surface area contributed by atoms with Crippen molar-refractivity contribution < 1.29 is 9.53 Å². The van der Waals surface area contributed by atoms with Gasteiger partial charge in [-0.15, -0.1) is 0 Å². The van der Waals surface area contributed by atoms with Gasteiger partial charge in [0.2, 0.25) is 0 Å². The molecular weight excluding hydrogens is 398 g/mol. The predicted octanol–water partition coefficient (Wildman–Crippen LogP) is 5.11. The minimum absolute atomic E-state index is 0.314. The van der Waals surface area contributed by atoms with Gasteiger partial charge in [-0.1, -0.05) is 35.6 Å². The van der Waals surface area contributed by atoms with Gasteiger partial charge in [0.05, 0.1) is 16.3 Å². The second kappa shape index (κ2) is 9.21. The fourth-order valence-electron chi connectivity index (χ4n) is 2.75. The van der Waals surface area contributed by atoms with Crippen LogP contribution >= 0.6 is 11.3 Å². The highest BCUT2D eigenvalue weighted by atomic mass is 32.1. The summed E-state index contributed by atoms with van der Waals surface area (Å²) in [5.41, 5.74) is 2.93. The van der Waals surface area contributed by atoms with E-state index in [2.05, 4.69) is 39.4 Å². The Morgan fingerprint density at radius 2 is 1.87 bits per heavy atom. The predicted molar refractivity (Wildman–Crippen MR) is 120 cm³/mol. The summed E-state index contributed by atoms with van der Waals surface area (Å²) in [5.74, 6) is 0. The van der Waals surface area contributed by atoms with E-state index in [4.69, 9.17) is 4.74 Å². The number of carbonyl (C=O) groups excluding carboxylic acids is 1. The number of rotatable bonds is 6. The summed E-state index contributed by atoms with van der Waals surface area (Å²) in [7, 11) is 0. The van der Waals surface area contributed by atoms with E-state index in [1.807, 2.05) is 57.3 Å². The first-order chi connectivity index (χ1) is 14.2. The van der Waals surface area contributed by atoms with Gasteiger partial charge in [-0.25, -0.2) is 19.7 Å². The maximum Gasteiger partial charge on any atom is 0.407 e. The third-order valence-electron chi connectivity index (χ3n) is 3.95. The summed E-state index contributed by atoms with van der Waals surface area (Å²) in [4.78, 5) is 26.3. The number of anilines is 1. The number of ether oxygens (including phenoxy) is 1. The van der Waals surface area contributed by atoms with Gasteiger partial charge in [0.1, 0.15) is 11.9 Å². The van der Waals surface area contributed by atoms with E-state index in [0.717, 1.165) is 32.5 Å². The van der Waals surface area contributed by atoms with Crippen molar-refractivity contribution in [3.05, 3.63) is 48.4 Å². The molecule has 0 aliphatic rings. The molecule has 3 aromatic rings. The van der Waals surface area contributed by atoms with Crippen molar-refractivity contribution in [3.63, 3.8) is 0 Å². The molecule has 30 heavy (non-hydrogen) atoms. The number of hydrogen-bond donors (Lipinski definition) is 2. The summed E-state index contributed by atoms with van der Waals surface area (Å²) in [6.07, 6.45) is 2.92. The van der Waals surface area contributed by atoms with Crippen LogP contribution in [0, 0.1) is 0 Å². The van der Waals surface area contributed by atoms with Gasteiger partial charge in [-0.3, -0.25) is 0 Å². The molecule has 7 nitrogen and oxygen atoms in total. The van der Waals surface area contributed by atoms with E-state index < -0.39 is 11.7 Å². The van der Waals surface area contributed by atoms with Crippen molar-refractivity contribution in [1.82, 2.24) is 20.3 Å². The van der Waals surface area contributed by atoms with Crippen molar-refractivity contribution in [2.75, 3.05) is 5.32 Å². The van der Waals surface area contributed by atoms with Gasteiger partial charge in [-0.2, -0.15) is 0 Å². The first-order valence-electron chi connectivity index (χ1n) is 9.81. The number of aromatic nitrogens is 3. The van der Waals surface area contributed by atoms with E-state index in [1.165, 1.54) is 0 Å². The number of benzene rings is 1. The zero-order chi connectivity index (χ0) is 21.7. The van der Waals surface area contributed by atoms with Crippen LogP contribution < -0.4 is 10.6 Å². The van der Waals surface area contributed by atoms with Gasteiger partial charge in [-0.05, 0) is 46.2 Å². The largest absolute Gasteiger partial charge is 0.444 e. The lowest BCUT2D eigenvalue weighted by Crippen LogP contribution is -2.32. The van der Waals surface area contributed by atoms with Crippen molar-refractivity contribution >= 4 is 22.6 Å². The van der Waals surface area contributed by atoms with Gasteiger partial charge in [0, 0.05) is 24.3 Å². The number of amides is 1. The molecule has 2 aromatic heterocycles. The van der Waals surface area contributed by atoms with Crippen LogP contribution in [0.3, 0.4) is 0 Å². The Balaban J connectivity index is 1.81. The number of hydrogen-bond acceptors (Lipinski definition) is 7. The number of alkyl carbamates (subject to hydrolysis) is 1. The van der Waals surface area contributed by atoms with Crippen LogP contribution in [0.2, 0.25) is 0 Å². The number of nitrogens with zero attached hydrogens (tertiary/aromatic N) is 3. The third kappa shape index (κ3) is 6.00. The van der Waals surface area contributed by atoms with Crippen LogP contribution in [0.15, 0.2) is 42.9 Å². The summed E-state index contributed by atoms with van der Waals surface area (Å²) >= 11 is 1.56. The Bertz CT molecular complexity index is 1010. The Morgan fingerprint density at radius 1 is 1.13 bits per heavy atom. The van der Waals surface area contributed by atoms with Crippen LogP contribution in [-0.2, 0) is 11.3 Å². The van der Waals surface area contributed by atoms with E-state index >= 15 is 0 Å².